The Kier molecular flexibility index (Phi) is 4.34. The van der Waals surface area contributed by atoms with Crippen LogP contribution in [0.4, 0.5) is 4.39 Å². The highest BCUT2D eigenvalue weighted by atomic mass is 19.1. The molecular formula is C13H18FNO2. The Morgan fingerprint density at radius 2 is 2.06 bits per heavy atom. The lowest BCUT2D eigenvalue weighted by molar-refractivity contribution is -0.0353. The summed E-state index contributed by atoms with van der Waals surface area (Å²) in [5, 5.41) is 0. The van der Waals surface area contributed by atoms with Crippen LogP contribution in [0.2, 0.25) is 0 Å². The van der Waals surface area contributed by atoms with Gasteiger partial charge in [0.15, 0.2) is 0 Å². The van der Waals surface area contributed by atoms with Gasteiger partial charge < -0.3 is 15.2 Å². The van der Waals surface area contributed by atoms with E-state index in [0.29, 0.717) is 31.4 Å². The van der Waals surface area contributed by atoms with Crippen molar-refractivity contribution < 1.29 is 13.9 Å². The molecule has 2 N–H and O–H groups in total. The molecule has 1 unspecified atom stereocenters. The van der Waals surface area contributed by atoms with Gasteiger partial charge in [-0.1, -0.05) is 0 Å². The molecule has 1 fully saturated rings. The molecule has 2 atom stereocenters. The summed E-state index contributed by atoms with van der Waals surface area (Å²) in [7, 11) is 0. The molecule has 17 heavy (non-hydrogen) atoms. The zero-order valence-electron chi connectivity index (χ0n) is 9.77. The van der Waals surface area contributed by atoms with Crippen LogP contribution < -0.4 is 10.5 Å². The minimum atomic E-state index is -0.253. The summed E-state index contributed by atoms with van der Waals surface area (Å²) in [5.74, 6) is 0.907. The Bertz CT molecular complexity index is 334. The van der Waals surface area contributed by atoms with E-state index in [1.165, 1.54) is 12.1 Å². The van der Waals surface area contributed by atoms with Crippen LogP contribution in [0.5, 0.6) is 5.75 Å². The molecule has 1 aliphatic rings. The van der Waals surface area contributed by atoms with E-state index in [-0.39, 0.29) is 11.9 Å². The summed E-state index contributed by atoms with van der Waals surface area (Å²) in [6.07, 6.45) is 2.19. The highest BCUT2D eigenvalue weighted by Crippen LogP contribution is 2.19. The van der Waals surface area contributed by atoms with Crippen LogP contribution in [0.3, 0.4) is 0 Å². The molecule has 0 aliphatic carbocycles. The minimum absolute atomic E-state index is 0.128. The van der Waals surface area contributed by atoms with Crippen LogP contribution in [-0.2, 0) is 4.74 Å². The molecule has 1 saturated heterocycles. The molecule has 3 nitrogen and oxygen atoms in total. The van der Waals surface area contributed by atoms with Crippen molar-refractivity contribution in [3.8, 4) is 5.75 Å². The van der Waals surface area contributed by atoms with E-state index in [1.807, 2.05) is 0 Å². The summed E-state index contributed by atoms with van der Waals surface area (Å²) in [5.41, 5.74) is 5.58. The molecule has 0 saturated carbocycles. The number of hydrogen-bond acceptors (Lipinski definition) is 3. The van der Waals surface area contributed by atoms with Gasteiger partial charge in [-0.2, -0.15) is 0 Å². The Hall–Kier alpha value is -1.13. The quantitative estimate of drug-likeness (QED) is 0.873. The zero-order chi connectivity index (χ0) is 12.1. The third kappa shape index (κ3) is 3.68. The monoisotopic (exact) mass is 239 g/mol. The fourth-order valence-electron chi connectivity index (χ4n) is 1.90. The van der Waals surface area contributed by atoms with Crippen LogP contribution in [0.15, 0.2) is 24.3 Å². The second-order valence-electron chi connectivity index (χ2n) is 4.40. The third-order valence-corrected chi connectivity index (χ3v) is 3.05. The average Bonchev–Trinajstić information content (AvgIpc) is 2.39. The summed E-state index contributed by atoms with van der Waals surface area (Å²) in [4.78, 5) is 0. The Morgan fingerprint density at radius 3 is 2.65 bits per heavy atom. The van der Waals surface area contributed by atoms with Gasteiger partial charge in [-0.05, 0) is 49.6 Å². The standard InChI is InChI=1S/C13H18FNO2/c14-11-2-5-12(6-3-11)17-9-13-4-1-10(7-15)8-16-13/h2-3,5-6,10,13H,1,4,7-9,15H2/t10-,13?/m1/s1. The molecule has 0 bridgehead atoms. The number of hydrogen-bond donors (Lipinski definition) is 1. The van der Waals surface area contributed by atoms with Crippen molar-refractivity contribution in [1.29, 1.82) is 0 Å². The number of rotatable bonds is 4. The van der Waals surface area contributed by atoms with Crippen molar-refractivity contribution in [2.75, 3.05) is 19.8 Å². The first kappa shape index (κ1) is 12.3. The first-order valence-corrected chi connectivity index (χ1v) is 5.98. The Balaban J connectivity index is 1.74. The van der Waals surface area contributed by atoms with Crippen molar-refractivity contribution in [3.05, 3.63) is 30.1 Å². The van der Waals surface area contributed by atoms with E-state index in [1.54, 1.807) is 12.1 Å². The average molecular weight is 239 g/mol. The molecule has 4 heteroatoms. The molecule has 2 rings (SSSR count). The molecule has 1 aromatic carbocycles. The maximum absolute atomic E-state index is 12.7. The number of nitrogens with two attached hydrogens (primary N) is 1. The lowest BCUT2D eigenvalue weighted by Gasteiger charge is -2.28. The molecule has 0 spiro atoms. The normalized spacial score (nSPS) is 24.6. The second kappa shape index (κ2) is 5.98. The molecule has 0 amide bonds. The molecule has 1 heterocycles. The van der Waals surface area contributed by atoms with Gasteiger partial charge in [0.2, 0.25) is 0 Å². The third-order valence-electron chi connectivity index (χ3n) is 3.05. The molecule has 0 radical (unpaired) electrons. The van der Waals surface area contributed by atoms with Crippen molar-refractivity contribution in [1.82, 2.24) is 0 Å². The maximum Gasteiger partial charge on any atom is 0.123 e. The predicted octanol–water partition coefficient (Wildman–Crippen LogP) is 1.96. The van der Waals surface area contributed by atoms with Gasteiger partial charge >= 0.3 is 0 Å². The minimum Gasteiger partial charge on any atom is -0.491 e. The summed E-state index contributed by atoms with van der Waals surface area (Å²) in [6.45, 7) is 1.92. The van der Waals surface area contributed by atoms with Crippen molar-refractivity contribution >= 4 is 0 Å². The second-order valence-corrected chi connectivity index (χ2v) is 4.40. The van der Waals surface area contributed by atoms with E-state index in [0.717, 1.165) is 12.8 Å². The Morgan fingerprint density at radius 1 is 1.29 bits per heavy atom. The van der Waals surface area contributed by atoms with Crippen molar-refractivity contribution in [2.24, 2.45) is 11.7 Å². The van der Waals surface area contributed by atoms with E-state index in [4.69, 9.17) is 15.2 Å². The van der Waals surface area contributed by atoms with Gasteiger partial charge in [0.25, 0.3) is 0 Å². The smallest absolute Gasteiger partial charge is 0.123 e. The Labute approximate surface area is 101 Å². The first-order valence-electron chi connectivity index (χ1n) is 5.98. The predicted molar refractivity (Wildman–Crippen MR) is 63.4 cm³/mol. The fraction of sp³-hybridized carbons (Fsp3) is 0.538. The van der Waals surface area contributed by atoms with Gasteiger partial charge in [0.05, 0.1) is 12.7 Å². The van der Waals surface area contributed by atoms with Gasteiger partial charge in [-0.15, -0.1) is 0 Å². The van der Waals surface area contributed by atoms with Crippen LogP contribution in [-0.4, -0.2) is 25.9 Å². The molecule has 0 aromatic heterocycles. The fourth-order valence-corrected chi connectivity index (χ4v) is 1.90. The van der Waals surface area contributed by atoms with Gasteiger partial charge in [-0.25, -0.2) is 4.39 Å². The first-order chi connectivity index (χ1) is 8.28. The summed E-state index contributed by atoms with van der Waals surface area (Å²) >= 11 is 0. The lowest BCUT2D eigenvalue weighted by Crippen LogP contribution is -2.33. The van der Waals surface area contributed by atoms with Crippen LogP contribution in [0.1, 0.15) is 12.8 Å². The topological polar surface area (TPSA) is 44.5 Å². The van der Waals surface area contributed by atoms with E-state index in [9.17, 15) is 4.39 Å². The van der Waals surface area contributed by atoms with E-state index in [2.05, 4.69) is 0 Å². The summed E-state index contributed by atoms with van der Waals surface area (Å²) < 4.78 is 23.9. The van der Waals surface area contributed by atoms with E-state index < -0.39 is 0 Å². The van der Waals surface area contributed by atoms with Gasteiger partial charge in [0.1, 0.15) is 18.2 Å². The van der Waals surface area contributed by atoms with Gasteiger partial charge in [-0.3, -0.25) is 0 Å². The largest absolute Gasteiger partial charge is 0.491 e. The SMILES string of the molecule is NC[C@H]1CCC(COc2ccc(F)cc2)OC1. The van der Waals surface area contributed by atoms with Crippen LogP contribution in [0.25, 0.3) is 0 Å². The molecule has 1 aromatic rings. The molecule has 94 valence electrons. The summed E-state index contributed by atoms with van der Waals surface area (Å²) in [6, 6.07) is 6.03. The highest BCUT2D eigenvalue weighted by molar-refractivity contribution is 5.22. The van der Waals surface area contributed by atoms with Crippen LogP contribution >= 0.6 is 0 Å². The van der Waals surface area contributed by atoms with Gasteiger partial charge in [0, 0.05) is 0 Å². The van der Waals surface area contributed by atoms with Crippen LogP contribution in [0, 0.1) is 11.7 Å². The van der Waals surface area contributed by atoms with E-state index >= 15 is 0 Å². The van der Waals surface area contributed by atoms with Crippen molar-refractivity contribution in [3.63, 3.8) is 0 Å². The molecular weight excluding hydrogens is 221 g/mol. The lowest BCUT2D eigenvalue weighted by atomic mass is 9.99. The number of benzene rings is 1. The molecule has 1 aliphatic heterocycles. The zero-order valence-corrected chi connectivity index (χ0v) is 9.77. The maximum atomic E-state index is 12.7. The highest BCUT2D eigenvalue weighted by Gasteiger charge is 2.21. The number of halogens is 1. The van der Waals surface area contributed by atoms with Crippen molar-refractivity contribution in [2.45, 2.75) is 18.9 Å². The number of ether oxygens (including phenoxy) is 2.